The molecule has 0 saturated heterocycles. The maximum atomic E-state index is 11.3. The Morgan fingerprint density at radius 3 is 2.73 bits per heavy atom. The molecule has 0 bridgehead atoms. The summed E-state index contributed by atoms with van der Waals surface area (Å²) in [6.45, 7) is 2.85. The lowest BCUT2D eigenvalue weighted by Crippen LogP contribution is -2.48. The first-order valence-electron chi connectivity index (χ1n) is 6.92. The summed E-state index contributed by atoms with van der Waals surface area (Å²) < 4.78 is 10.0. The number of esters is 2. The van der Waals surface area contributed by atoms with Crippen LogP contribution in [0.15, 0.2) is 18.2 Å². The van der Waals surface area contributed by atoms with Crippen molar-refractivity contribution in [2.24, 2.45) is 0 Å². The van der Waals surface area contributed by atoms with Gasteiger partial charge in [0.05, 0.1) is 0 Å². The van der Waals surface area contributed by atoms with E-state index in [-0.39, 0.29) is 6.61 Å². The van der Waals surface area contributed by atoms with E-state index in [1.165, 1.54) is 13.8 Å². The average molecular weight is 328 g/mol. The van der Waals surface area contributed by atoms with Gasteiger partial charge in [-0.1, -0.05) is 11.6 Å². The second-order valence-electron chi connectivity index (χ2n) is 5.09. The van der Waals surface area contributed by atoms with Gasteiger partial charge in [0.2, 0.25) is 6.23 Å². The molecule has 0 amide bonds. The van der Waals surface area contributed by atoms with Crippen molar-refractivity contribution in [3.63, 3.8) is 0 Å². The first kappa shape index (κ1) is 16.6. The summed E-state index contributed by atoms with van der Waals surface area (Å²) in [5.41, 5.74) is 1.86. The first-order chi connectivity index (χ1) is 10.4. The number of hydrogen-bond donors (Lipinski definition) is 1. The third-order valence-corrected chi connectivity index (χ3v) is 3.59. The van der Waals surface area contributed by atoms with Crippen LogP contribution in [0.3, 0.4) is 0 Å². The molecule has 1 aliphatic rings. The molecule has 0 aromatic heterocycles. The van der Waals surface area contributed by atoms with Crippen molar-refractivity contribution in [2.45, 2.75) is 32.6 Å². The predicted octanol–water partition coefficient (Wildman–Crippen LogP) is 1.52. The van der Waals surface area contributed by atoms with E-state index in [2.05, 4.69) is 0 Å². The van der Waals surface area contributed by atoms with Crippen molar-refractivity contribution in [1.29, 1.82) is 0 Å². The highest BCUT2D eigenvalue weighted by Gasteiger charge is 2.34. The molecular formula is C15H18ClNO5. The Balaban J connectivity index is 2.20. The quantitative estimate of drug-likeness (QED) is 0.826. The zero-order valence-corrected chi connectivity index (χ0v) is 13.2. The Morgan fingerprint density at radius 1 is 1.36 bits per heavy atom. The van der Waals surface area contributed by atoms with E-state index in [0.29, 0.717) is 11.6 Å². The molecule has 1 aromatic rings. The van der Waals surface area contributed by atoms with Crippen LogP contribution in [0.4, 0.5) is 5.69 Å². The van der Waals surface area contributed by atoms with Crippen LogP contribution in [0.5, 0.6) is 0 Å². The zero-order valence-electron chi connectivity index (χ0n) is 12.4. The highest BCUT2D eigenvalue weighted by Crippen LogP contribution is 2.33. The average Bonchev–Trinajstić information content (AvgIpc) is 2.84. The summed E-state index contributed by atoms with van der Waals surface area (Å²) in [7, 11) is 0. The van der Waals surface area contributed by atoms with E-state index in [9.17, 15) is 14.7 Å². The predicted molar refractivity (Wildman–Crippen MR) is 80.7 cm³/mol. The molecule has 7 heteroatoms. The normalized spacial score (nSPS) is 15.9. The fourth-order valence-electron chi connectivity index (χ4n) is 2.47. The number of anilines is 1. The Kier molecular flexibility index (Phi) is 5.26. The van der Waals surface area contributed by atoms with Gasteiger partial charge in [0.1, 0.15) is 12.7 Å². The fourth-order valence-corrected chi connectivity index (χ4v) is 2.66. The smallest absolute Gasteiger partial charge is 0.304 e. The Bertz CT molecular complexity index is 577. The Morgan fingerprint density at radius 2 is 2.09 bits per heavy atom. The van der Waals surface area contributed by atoms with Crippen LogP contribution in [0, 0.1) is 0 Å². The number of nitrogens with zero attached hydrogens (tertiary/aromatic N) is 1. The molecule has 120 valence electrons. The number of benzene rings is 1. The van der Waals surface area contributed by atoms with Gasteiger partial charge in [0.15, 0.2) is 0 Å². The van der Waals surface area contributed by atoms with Gasteiger partial charge in [-0.05, 0) is 30.2 Å². The van der Waals surface area contributed by atoms with Crippen molar-refractivity contribution < 1.29 is 24.2 Å². The lowest BCUT2D eigenvalue weighted by Gasteiger charge is -2.32. The van der Waals surface area contributed by atoms with Crippen molar-refractivity contribution in [3.8, 4) is 0 Å². The van der Waals surface area contributed by atoms with E-state index in [1.54, 1.807) is 11.0 Å². The molecule has 0 fully saturated rings. The molecule has 2 rings (SSSR count). The molecule has 2 unspecified atom stereocenters. The molecule has 22 heavy (non-hydrogen) atoms. The molecule has 1 aromatic carbocycles. The molecule has 0 radical (unpaired) electrons. The van der Waals surface area contributed by atoms with Gasteiger partial charge < -0.3 is 19.5 Å². The molecule has 0 spiro atoms. The number of carbonyl (C=O) groups is 2. The molecule has 0 aliphatic carbocycles. The monoisotopic (exact) mass is 327 g/mol. The van der Waals surface area contributed by atoms with Crippen molar-refractivity contribution in [1.82, 2.24) is 0 Å². The van der Waals surface area contributed by atoms with E-state index >= 15 is 0 Å². The fraction of sp³-hybridized carbons (Fsp3) is 0.467. The van der Waals surface area contributed by atoms with Gasteiger partial charge >= 0.3 is 11.9 Å². The maximum Gasteiger partial charge on any atom is 0.304 e. The second kappa shape index (κ2) is 6.98. The number of aliphatic hydroxyl groups is 1. The number of halogens is 1. The minimum atomic E-state index is -1.14. The molecule has 1 N–H and O–H groups in total. The SMILES string of the molecule is CC(=O)OCC(O)C(OC(C)=O)N1CCc2cc(Cl)ccc21. The van der Waals surface area contributed by atoms with Gasteiger partial charge in [0, 0.05) is 31.1 Å². The van der Waals surface area contributed by atoms with Crippen LogP contribution in [-0.2, 0) is 25.5 Å². The highest BCUT2D eigenvalue weighted by atomic mass is 35.5. The second-order valence-corrected chi connectivity index (χ2v) is 5.52. The largest absolute Gasteiger partial charge is 0.463 e. The zero-order chi connectivity index (χ0) is 16.3. The van der Waals surface area contributed by atoms with Crippen LogP contribution < -0.4 is 4.90 Å². The minimum absolute atomic E-state index is 0.243. The van der Waals surface area contributed by atoms with Crippen LogP contribution in [0.1, 0.15) is 19.4 Å². The number of rotatable bonds is 5. The molecule has 1 heterocycles. The van der Waals surface area contributed by atoms with Gasteiger partial charge in [-0.25, -0.2) is 0 Å². The van der Waals surface area contributed by atoms with Crippen LogP contribution >= 0.6 is 11.6 Å². The molecule has 2 atom stereocenters. The standard InChI is InChI=1S/C15H18ClNO5/c1-9(18)21-8-14(20)15(22-10(2)19)17-6-5-11-7-12(16)3-4-13(11)17/h3-4,7,14-15,20H,5-6,8H2,1-2H3. The lowest BCUT2D eigenvalue weighted by atomic mass is 10.2. The highest BCUT2D eigenvalue weighted by molar-refractivity contribution is 6.30. The molecule has 0 saturated carbocycles. The van der Waals surface area contributed by atoms with Crippen molar-refractivity contribution >= 4 is 29.2 Å². The summed E-state index contributed by atoms with van der Waals surface area (Å²) in [6, 6.07) is 5.40. The summed E-state index contributed by atoms with van der Waals surface area (Å²) in [6.07, 6.45) is -1.33. The van der Waals surface area contributed by atoms with E-state index < -0.39 is 24.3 Å². The summed E-state index contributed by atoms with van der Waals surface area (Å²) in [5, 5.41) is 10.9. The number of carbonyl (C=O) groups excluding carboxylic acids is 2. The summed E-state index contributed by atoms with van der Waals surface area (Å²) >= 11 is 5.97. The molecule has 6 nitrogen and oxygen atoms in total. The third kappa shape index (κ3) is 3.90. The van der Waals surface area contributed by atoms with Crippen LogP contribution in [-0.4, -0.2) is 42.5 Å². The molecular weight excluding hydrogens is 310 g/mol. The van der Waals surface area contributed by atoms with E-state index in [1.807, 2.05) is 12.1 Å². The van der Waals surface area contributed by atoms with Gasteiger partial charge in [0.25, 0.3) is 0 Å². The maximum absolute atomic E-state index is 11.3. The van der Waals surface area contributed by atoms with E-state index in [0.717, 1.165) is 17.7 Å². The third-order valence-electron chi connectivity index (χ3n) is 3.35. The van der Waals surface area contributed by atoms with Gasteiger partial charge in [-0.15, -0.1) is 0 Å². The van der Waals surface area contributed by atoms with E-state index in [4.69, 9.17) is 21.1 Å². The van der Waals surface area contributed by atoms with Crippen molar-refractivity contribution in [3.05, 3.63) is 28.8 Å². The number of ether oxygens (including phenoxy) is 2. The Hall–Kier alpha value is -1.79. The van der Waals surface area contributed by atoms with Crippen LogP contribution in [0.25, 0.3) is 0 Å². The topological polar surface area (TPSA) is 76.1 Å². The number of hydrogen-bond acceptors (Lipinski definition) is 6. The number of fused-ring (bicyclic) bond motifs is 1. The lowest BCUT2D eigenvalue weighted by molar-refractivity contribution is -0.158. The van der Waals surface area contributed by atoms with Crippen molar-refractivity contribution in [2.75, 3.05) is 18.1 Å². The summed E-state index contributed by atoms with van der Waals surface area (Å²) in [5.74, 6) is -1.02. The minimum Gasteiger partial charge on any atom is -0.463 e. The summed E-state index contributed by atoms with van der Waals surface area (Å²) in [4.78, 5) is 24.0. The Labute approximate surface area is 133 Å². The van der Waals surface area contributed by atoms with Gasteiger partial charge in [-0.3, -0.25) is 9.59 Å². The van der Waals surface area contributed by atoms with Crippen LogP contribution in [0.2, 0.25) is 5.02 Å². The van der Waals surface area contributed by atoms with Gasteiger partial charge in [-0.2, -0.15) is 0 Å². The first-order valence-corrected chi connectivity index (χ1v) is 7.30. The molecule has 1 aliphatic heterocycles. The number of aliphatic hydroxyl groups excluding tert-OH is 1.